The number of aliphatic carboxylic acids is 1. The Bertz CT molecular complexity index is 741. The molecule has 3 rings (SSSR count). The van der Waals surface area contributed by atoms with Crippen LogP contribution in [-0.2, 0) is 16.1 Å². The summed E-state index contributed by atoms with van der Waals surface area (Å²) in [5.74, 6) is -0.600. The van der Waals surface area contributed by atoms with Crippen molar-refractivity contribution in [3.05, 3.63) is 54.0 Å². The summed E-state index contributed by atoms with van der Waals surface area (Å²) in [7, 11) is 0. The second kappa shape index (κ2) is 7.40. The van der Waals surface area contributed by atoms with Crippen LogP contribution < -0.4 is 4.74 Å². The first kappa shape index (κ1) is 17.0. The van der Waals surface area contributed by atoms with Gasteiger partial charge in [-0.15, -0.1) is 0 Å². The molecule has 1 N–H and O–H groups in total. The van der Waals surface area contributed by atoms with E-state index < -0.39 is 12.1 Å². The van der Waals surface area contributed by atoms with Gasteiger partial charge in [0.1, 0.15) is 12.4 Å². The molecule has 1 saturated heterocycles. The molecule has 7 nitrogen and oxygen atoms in total. The zero-order chi connectivity index (χ0) is 17.8. The number of furan rings is 1. The molecule has 1 amide bonds. The average molecular weight is 345 g/mol. The Balaban J connectivity index is 1.70. The van der Waals surface area contributed by atoms with Crippen molar-refractivity contribution in [3.8, 4) is 5.75 Å². The zero-order valence-corrected chi connectivity index (χ0v) is 13.8. The van der Waals surface area contributed by atoms with E-state index in [2.05, 4.69) is 0 Å². The van der Waals surface area contributed by atoms with Gasteiger partial charge < -0.3 is 23.9 Å². The normalized spacial score (nSPS) is 20.3. The minimum absolute atomic E-state index is 0.0157. The van der Waals surface area contributed by atoms with Gasteiger partial charge in [0.15, 0.2) is 11.9 Å². The summed E-state index contributed by atoms with van der Waals surface area (Å²) in [5.41, 5.74) is 0.611. The Labute approximate surface area is 144 Å². The molecule has 0 aliphatic carbocycles. The van der Waals surface area contributed by atoms with Crippen LogP contribution in [0, 0.1) is 0 Å². The van der Waals surface area contributed by atoms with Crippen LogP contribution in [0.3, 0.4) is 0 Å². The van der Waals surface area contributed by atoms with Crippen molar-refractivity contribution in [1.29, 1.82) is 0 Å². The fourth-order valence-electron chi connectivity index (χ4n) is 2.71. The van der Waals surface area contributed by atoms with Gasteiger partial charge in [-0.3, -0.25) is 4.79 Å². The molecule has 0 saturated carbocycles. The Kier molecular flexibility index (Phi) is 5.04. The van der Waals surface area contributed by atoms with Crippen molar-refractivity contribution >= 4 is 11.9 Å². The number of amides is 1. The number of ether oxygens (including phenoxy) is 2. The molecule has 0 spiro atoms. The molecule has 1 aromatic heterocycles. The van der Waals surface area contributed by atoms with Crippen molar-refractivity contribution in [2.24, 2.45) is 0 Å². The molecular weight excluding hydrogens is 326 g/mol. The number of carbonyl (C=O) groups is 2. The molecule has 2 heterocycles. The summed E-state index contributed by atoms with van der Waals surface area (Å²) in [6.45, 7) is 2.21. The number of nitrogens with zero attached hydrogens (tertiary/aromatic N) is 1. The largest absolute Gasteiger partial charge is 0.489 e. The maximum Gasteiger partial charge on any atom is 0.334 e. The van der Waals surface area contributed by atoms with Crippen LogP contribution in [0.25, 0.3) is 0 Å². The topological polar surface area (TPSA) is 89.2 Å². The molecule has 7 heteroatoms. The van der Waals surface area contributed by atoms with E-state index in [1.54, 1.807) is 13.0 Å². The van der Waals surface area contributed by atoms with Gasteiger partial charge in [-0.05, 0) is 25.1 Å². The number of hydrogen-bond donors (Lipinski definition) is 1. The van der Waals surface area contributed by atoms with Gasteiger partial charge in [0, 0.05) is 12.1 Å². The summed E-state index contributed by atoms with van der Waals surface area (Å²) in [6.07, 6.45) is 0.0274. The summed E-state index contributed by atoms with van der Waals surface area (Å²) in [6, 6.07) is 10.9. The molecule has 1 fully saturated rings. The van der Waals surface area contributed by atoms with E-state index in [-0.39, 0.29) is 30.9 Å². The maximum atomic E-state index is 12.7. The minimum atomic E-state index is -1.09. The molecule has 1 aliphatic heterocycles. The minimum Gasteiger partial charge on any atom is -0.489 e. The molecular formula is C18H19NO6. The standard InChI is InChI=1S/C18H19NO6/c1-12-9-19(10-15(25-12)18(21)22)17(20)16-13(7-8-23-16)11-24-14-5-3-2-4-6-14/h2-8,12,15H,9-11H2,1H3,(H,21,22)/t12-,15?/m1/s1. The number of carbonyl (C=O) groups excluding carboxylic acids is 1. The smallest absolute Gasteiger partial charge is 0.334 e. The highest BCUT2D eigenvalue weighted by atomic mass is 16.5. The number of para-hydroxylation sites is 1. The summed E-state index contributed by atoms with van der Waals surface area (Å²) < 4.78 is 16.3. The zero-order valence-electron chi connectivity index (χ0n) is 13.8. The second-order valence-corrected chi connectivity index (χ2v) is 5.86. The van der Waals surface area contributed by atoms with Gasteiger partial charge in [0.05, 0.1) is 18.9 Å². The van der Waals surface area contributed by atoms with Crippen LogP contribution in [0.2, 0.25) is 0 Å². The first-order valence-electron chi connectivity index (χ1n) is 7.96. The van der Waals surface area contributed by atoms with E-state index in [0.717, 1.165) is 0 Å². The molecule has 1 unspecified atom stereocenters. The predicted octanol–water partition coefficient (Wildman–Crippen LogP) is 2.17. The summed E-state index contributed by atoms with van der Waals surface area (Å²) >= 11 is 0. The fraction of sp³-hybridized carbons (Fsp3) is 0.333. The van der Waals surface area contributed by atoms with E-state index in [9.17, 15) is 9.59 Å². The molecule has 132 valence electrons. The molecule has 2 aromatic rings. The van der Waals surface area contributed by atoms with Gasteiger partial charge in [0.2, 0.25) is 0 Å². The molecule has 25 heavy (non-hydrogen) atoms. The lowest BCUT2D eigenvalue weighted by Crippen LogP contribution is -2.51. The average Bonchev–Trinajstić information content (AvgIpc) is 3.08. The summed E-state index contributed by atoms with van der Waals surface area (Å²) in [5, 5.41) is 9.14. The van der Waals surface area contributed by atoms with Crippen molar-refractivity contribution in [2.75, 3.05) is 13.1 Å². The summed E-state index contributed by atoms with van der Waals surface area (Å²) in [4.78, 5) is 25.4. The third kappa shape index (κ3) is 4.00. The third-order valence-corrected chi connectivity index (χ3v) is 3.90. The van der Waals surface area contributed by atoms with Crippen molar-refractivity contribution in [3.63, 3.8) is 0 Å². The van der Waals surface area contributed by atoms with Gasteiger partial charge in [-0.25, -0.2) is 4.79 Å². The lowest BCUT2D eigenvalue weighted by Gasteiger charge is -2.34. The van der Waals surface area contributed by atoms with E-state index in [0.29, 0.717) is 17.9 Å². The molecule has 0 bridgehead atoms. The Morgan fingerprint density at radius 2 is 2.00 bits per heavy atom. The van der Waals surface area contributed by atoms with E-state index in [4.69, 9.17) is 19.0 Å². The van der Waals surface area contributed by atoms with E-state index in [1.807, 2.05) is 30.3 Å². The molecule has 1 aromatic carbocycles. The van der Waals surface area contributed by atoms with Crippen LogP contribution in [-0.4, -0.2) is 47.2 Å². The highest BCUT2D eigenvalue weighted by Gasteiger charge is 2.34. The third-order valence-electron chi connectivity index (χ3n) is 3.90. The SMILES string of the molecule is C[C@@H]1CN(C(=O)c2occc2COc2ccccc2)CC(C(=O)O)O1. The monoisotopic (exact) mass is 345 g/mol. The van der Waals surface area contributed by atoms with Crippen LogP contribution in [0.15, 0.2) is 47.1 Å². The Morgan fingerprint density at radius 1 is 1.24 bits per heavy atom. The van der Waals surface area contributed by atoms with Crippen molar-refractivity contribution in [1.82, 2.24) is 4.90 Å². The number of hydrogen-bond acceptors (Lipinski definition) is 5. The number of rotatable bonds is 5. The predicted molar refractivity (Wildman–Crippen MR) is 87.4 cm³/mol. The molecule has 2 atom stereocenters. The number of benzene rings is 1. The highest BCUT2D eigenvalue weighted by molar-refractivity contribution is 5.93. The van der Waals surface area contributed by atoms with Gasteiger partial charge in [-0.2, -0.15) is 0 Å². The van der Waals surface area contributed by atoms with Crippen LogP contribution >= 0.6 is 0 Å². The highest BCUT2D eigenvalue weighted by Crippen LogP contribution is 2.20. The first-order chi connectivity index (χ1) is 12.0. The first-order valence-corrected chi connectivity index (χ1v) is 7.96. The van der Waals surface area contributed by atoms with Crippen molar-refractivity contribution in [2.45, 2.75) is 25.7 Å². The molecule has 1 aliphatic rings. The van der Waals surface area contributed by atoms with Crippen LogP contribution in [0.1, 0.15) is 23.0 Å². The second-order valence-electron chi connectivity index (χ2n) is 5.86. The quantitative estimate of drug-likeness (QED) is 0.893. The lowest BCUT2D eigenvalue weighted by molar-refractivity contribution is -0.160. The number of carboxylic acid groups (broad SMARTS) is 1. The number of carboxylic acids is 1. The van der Waals surface area contributed by atoms with E-state index in [1.165, 1.54) is 11.2 Å². The fourth-order valence-corrected chi connectivity index (χ4v) is 2.71. The van der Waals surface area contributed by atoms with Crippen LogP contribution in [0.4, 0.5) is 0 Å². The molecule has 0 radical (unpaired) electrons. The Hall–Kier alpha value is -2.80. The van der Waals surface area contributed by atoms with E-state index >= 15 is 0 Å². The van der Waals surface area contributed by atoms with Crippen LogP contribution in [0.5, 0.6) is 5.75 Å². The maximum absolute atomic E-state index is 12.7. The van der Waals surface area contributed by atoms with Crippen molar-refractivity contribution < 1.29 is 28.6 Å². The lowest BCUT2D eigenvalue weighted by atomic mass is 10.2. The van der Waals surface area contributed by atoms with Gasteiger partial charge >= 0.3 is 5.97 Å². The van der Waals surface area contributed by atoms with Gasteiger partial charge in [0.25, 0.3) is 5.91 Å². The number of morpholine rings is 1. The Morgan fingerprint density at radius 3 is 2.72 bits per heavy atom. The van der Waals surface area contributed by atoms with Gasteiger partial charge in [-0.1, -0.05) is 18.2 Å².